The highest BCUT2D eigenvalue weighted by Gasteiger charge is 2.27. The number of rotatable bonds is 3. The van der Waals surface area contributed by atoms with Gasteiger partial charge in [-0.15, -0.1) is 0 Å². The summed E-state index contributed by atoms with van der Waals surface area (Å²) in [6.45, 7) is -0.581. The molecule has 0 aliphatic carbocycles. The largest absolute Gasteiger partial charge is 0.452 e. The molecule has 0 bridgehead atoms. The number of nitrogens with one attached hydrogen (secondary N) is 1. The van der Waals surface area contributed by atoms with E-state index in [1.54, 1.807) is 24.3 Å². The maximum atomic E-state index is 13.1. The number of fused-ring (bicyclic) bond motifs is 3. The first-order valence-corrected chi connectivity index (χ1v) is 9.89. The zero-order chi connectivity index (χ0) is 21.4. The van der Waals surface area contributed by atoms with Crippen LogP contribution in [0.5, 0.6) is 0 Å². The highest BCUT2D eigenvalue weighted by molar-refractivity contribution is 6.17. The molecule has 0 atom stereocenters. The summed E-state index contributed by atoms with van der Waals surface area (Å²) in [5.41, 5.74) is 1.57. The third-order valence-electron chi connectivity index (χ3n) is 5.37. The van der Waals surface area contributed by atoms with Crippen LogP contribution in [0.1, 0.15) is 10.4 Å². The van der Waals surface area contributed by atoms with E-state index in [0.717, 1.165) is 21.5 Å². The molecular weight excluding hydrogens is 392 g/mol. The van der Waals surface area contributed by atoms with Crippen LogP contribution < -0.4 is 10.2 Å². The number of ether oxygens (including phenoxy) is 1. The monoisotopic (exact) mass is 410 g/mol. The first-order valence-electron chi connectivity index (χ1n) is 9.89. The quantitative estimate of drug-likeness (QED) is 0.407. The van der Waals surface area contributed by atoms with E-state index in [1.807, 2.05) is 54.6 Å². The van der Waals surface area contributed by atoms with Crippen LogP contribution in [0, 0.1) is 0 Å². The second-order valence-corrected chi connectivity index (χ2v) is 7.32. The number of hydrogen-bond donors (Lipinski definition) is 1. The summed E-state index contributed by atoms with van der Waals surface area (Å²) in [4.78, 5) is 39.3. The highest BCUT2D eigenvalue weighted by Crippen LogP contribution is 2.30. The molecule has 1 heterocycles. The third kappa shape index (κ3) is 3.38. The summed E-state index contributed by atoms with van der Waals surface area (Å²) in [5.74, 6) is -1.32. The van der Waals surface area contributed by atoms with Gasteiger partial charge in [0.25, 0.3) is 5.91 Å². The van der Waals surface area contributed by atoms with Crippen LogP contribution in [-0.4, -0.2) is 30.9 Å². The first-order chi connectivity index (χ1) is 15.1. The molecule has 6 heteroatoms. The summed E-state index contributed by atoms with van der Waals surface area (Å²) >= 11 is 0. The SMILES string of the molecule is O=C1CN(C(=O)COC(=O)c2c3ccccc3cc3ccccc23)c2ccccc2N1. The van der Waals surface area contributed by atoms with Gasteiger partial charge in [-0.2, -0.15) is 0 Å². The van der Waals surface area contributed by atoms with E-state index < -0.39 is 18.5 Å². The van der Waals surface area contributed by atoms with Gasteiger partial charge in [-0.25, -0.2) is 4.79 Å². The lowest BCUT2D eigenvalue weighted by Gasteiger charge is -2.28. The molecule has 4 aromatic carbocycles. The Kier molecular flexibility index (Phi) is 4.59. The lowest BCUT2D eigenvalue weighted by atomic mass is 9.97. The zero-order valence-corrected chi connectivity index (χ0v) is 16.5. The maximum absolute atomic E-state index is 13.1. The molecule has 1 N–H and O–H groups in total. The molecule has 2 amide bonds. The number of esters is 1. The number of benzene rings is 4. The number of carbonyl (C=O) groups is 3. The standard InChI is InChI=1S/C25H18N2O4/c28-22-14-27(21-12-6-5-11-20(21)26-22)23(29)15-31-25(30)24-18-9-3-1-7-16(18)13-17-8-2-4-10-19(17)24/h1-13H,14-15H2,(H,26,28). The number of amides is 2. The van der Waals surface area contributed by atoms with Crippen LogP contribution in [0.25, 0.3) is 21.5 Å². The Morgan fingerprint density at radius 2 is 1.48 bits per heavy atom. The highest BCUT2D eigenvalue weighted by atomic mass is 16.5. The van der Waals surface area contributed by atoms with E-state index in [0.29, 0.717) is 16.9 Å². The van der Waals surface area contributed by atoms with Crippen LogP contribution in [0.4, 0.5) is 11.4 Å². The summed E-state index contributed by atoms with van der Waals surface area (Å²) < 4.78 is 5.45. The predicted molar refractivity (Wildman–Crippen MR) is 119 cm³/mol. The maximum Gasteiger partial charge on any atom is 0.339 e. The molecule has 6 nitrogen and oxygen atoms in total. The second kappa shape index (κ2) is 7.57. The van der Waals surface area contributed by atoms with Crippen molar-refractivity contribution in [3.05, 3.63) is 84.4 Å². The van der Waals surface area contributed by atoms with Crippen molar-refractivity contribution < 1.29 is 19.1 Å². The fraction of sp³-hybridized carbons (Fsp3) is 0.0800. The van der Waals surface area contributed by atoms with Crippen LogP contribution in [0.15, 0.2) is 78.9 Å². The smallest absolute Gasteiger partial charge is 0.339 e. The van der Waals surface area contributed by atoms with Crippen LogP contribution in [0.2, 0.25) is 0 Å². The van der Waals surface area contributed by atoms with Gasteiger partial charge in [-0.3, -0.25) is 14.5 Å². The van der Waals surface area contributed by atoms with Crippen LogP contribution >= 0.6 is 0 Å². The molecule has 31 heavy (non-hydrogen) atoms. The first kappa shape index (κ1) is 18.8. The predicted octanol–water partition coefficient (Wildman–Crippen LogP) is 4.14. The van der Waals surface area contributed by atoms with Gasteiger partial charge in [0.05, 0.1) is 16.9 Å². The van der Waals surface area contributed by atoms with Crippen molar-refractivity contribution in [2.75, 3.05) is 23.4 Å². The van der Waals surface area contributed by atoms with Crippen LogP contribution in [0.3, 0.4) is 0 Å². The van der Waals surface area contributed by atoms with Gasteiger partial charge in [-0.05, 0) is 39.7 Å². The average molecular weight is 410 g/mol. The molecule has 0 unspecified atom stereocenters. The Morgan fingerprint density at radius 1 is 0.871 bits per heavy atom. The molecule has 0 spiro atoms. The van der Waals surface area contributed by atoms with Crippen molar-refractivity contribution in [3.63, 3.8) is 0 Å². The van der Waals surface area contributed by atoms with Crippen molar-refractivity contribution in [1.29, 1.82) is 0 Å². The Bertz CT molecular complexity index is 1310. The van der Waals surface area contributed by atoms with E-state index in [2.05, 4.69) is 5.32 Å². The fourth-order valence-electron chi connectivity index (χ4n) is 3.97. The van der Waals surface area contributed by atoms with E-state index in [9.17, 15) is 14.4 Å². The topological polar surface area (TPSA) is 75.7 Å². The number of carbonyl (C=O) groups excluding carboxylic acids is 3. The molecule has 0 fully saturated rings. The minimum atomic E-state index is -0.573. The molecule has 5 rings (SSSR count). The van der Waals surface area contributed by atoms with E-state index in [-0.39, 0.29) is 12.5 Å². The third-order valence-corrected chi connectivity index (χ3v) is 5.37. The van der Waals surface area contributed by atoms with E-state index in [4.69, 9.17) is 4.74 Å². The fourth-order valence-corrected chi connectivity index (χ4v) is 3.97. The molecule has 0 saturated heterocycles. The Balaban J connectivity index is 1.44. The lowest BCUT2D eigenvalue weighted by molar-refractivity contribution is -0.124. The Hall–Kier alpha value is -4.19. The molecular formula is C25H18N2O4. The molecule has 1 aliphatic rings. The molecule has 0 radical (unpaired) electrons. The molecule has 4 aromatic rings. The minimum absolute atomic E-state index is 0.120. The van der Waals surface area contributed by atoms with Gasteiger partial charge in [0.15, 0.2) is 6.61 Å². The molecule has 1 aliphatic heterocycles. The summed E-state index contributed by atoms with van der Waals surface area (Å²) in [6.07, 6.45) is 0. The summed E-state index contributed by atoms with van der Waals surface area (Å²) in [5, 5.41) is 6.10. The van der Waals surface area contributed by atoms with Crippen molar-refractivity contribution in [3.8, 4) is 0 Å². The zero-order valence-electron chi connectivity index (χ0n) is 16.5. The van der Waals surface area contributed by atoms with Gasteiger partial charge in [0.1, 0.15) is 6.54 Å². The molecule has 152 valence electrons. The minimum Gasteiger partial charge on any atom is -0.452 e. The van der Waals surface area contributed by atoms with Crippen molar-refractivity contribution in [1.82, 2.24) is 0 Å². The molecule has 0 aromatic heterocycles. The number of anilines is 2. The number of hydrogen-bond acceptors (Lipinski definition) is 4. The van der Waals surface area contributed by atoms with Gasteiger partial charge >= 0.3 is 5.97 Å². The van der Waals surface area contributed by atoms with Gasteiger partial charge in [-0.1, -0.05) is 60.7 Å². The number of nitrogens with zero attached hydrogens (tertiary/aromatic N) is 1. The van der Waals surface area contributed by atoms with Gasteiger partial charge < -0.3 is 10.1 Å². The second-order valence-electron chi connectivity index (χ2n) is 7.32. The van der Waals surface area contributed by atoms with Crippen molar-refractivity contribution in [2.45, 2.75) is 0 Å². The summed E-state index contributed by atoms with van der Waals surface area (Å²) in [7, 11) is 0. The van der Waals surface area contributed by atoms with Gasteiger partial charge in [0, 0.05) is 0 Å². The normalized spacial score (nSPS) is 13.0. The van der Waals surface area contributed by atoms with Gasteiger partial charge in [0.2, 0.25) is 5.91 Å². The Morgan fingerprint density at radius 3 is 2.19 bits per heavy atom. The number of para-hydroxylation sites is 2. The summed E-state index contributed by atoms with van der Waals surface area (Å²) in [6, 6.07) is 24.2. The lowest BCUT2D eigenvalue weighted by Crippen LogP contribution is -2.44. The van der Waals surface area contributed by atoms with E-state index >= 15 is 0 Å². The van der Waals surface area contributed by atoms with E-state index in [1.165, 1.54) is 4.90 Å². The molecule has 0 saturated carbocycles. The van der Waals surface area contributed by atoms with Crippen molar-refractivity contribution >= 4 is 50.7 Å². The van der Waals surface area contributed by atoms with Crippen molar-refractivity contribution in [2.24, 2.45) is 0 Å². The van der Waals surface area contributed by atoms with Crippen LogP contribution in [-0.2, 0) is 14.3 Å². The Labute approximate surface area is 178 Å². The average Bonchev–Trinajstić information content (AvgIpc) is 2.80.